The molecule has 0 aliphatic carbocycles. The van der Waals surface area contributed by atoms with Gasteiger partial charge in [0.05, 0.1) is 21.3 Å². The van der Waals surface area contributed by atoms with E-state index in [1.165, 1.54) is 0 Å². The molecule has 0 amide bonds. The topological polar surface area (TPSA) is 38.4 Å². The van der Waals surface area contributed by atoms with Crippen LogP contribution in [0.5, 0.6) is 0 Å². The van der Waals surface area contributed by atoms with Crippen molar-refractivity contribution in [2.75, 3.05) is 0 Å². The molecule has 0 fully saturated rings. The number of hydrogen-bond donors (Lipinski definition) is 0. The van der Waals surface area contributed by atoms with Gasteiger partial charge in [0.1, 0.15) is 5.52 Å². The number of oxazole rings is 1. The van der Waals surface area contributed by atoms with Crippen LogP contribution in [0.2, 0.25) is 10.0 Å². The normalized spacial score (nSPS) is 11.4. The van der Waals surface area contributed by atoms with E-state index in [4.69, 9.17) is 27.6 Å². The molecule has 0 N–H and O–H groups in total. The van der Waals surface area contributed by atoms with Crippen molar-refractivity contribution in [2.24, 2.45) is 4.99 Å². The minimum atomic E-state index is 0.429. The molecule has 1 aromatic heterocycles. The van der Waals surface area contributed by atoms with Gasteiger partial charge in [0.2, 0.25) is 5.89 Å². The van der Waals surface area contributed by atoms with Crippen LogP contribution < -0.4 is 0 Å². The molecular weight excluding hydrogens is 355 g/mol. The molecule has 25 heavy (non-hydrogen) atoms. The first-order chi connectivity index (χ1) is 12.2. The van der Waals surface area contributed by atoms with Gasteiger partial charge in [0.25, 0.3) is 0 Å². The lowest BCUT2D eigenvalue weighted by atomic mass is 10.2. The fourth-order valence-corrected chi connectivity index (χ4v) is 2.85. The van der Waals surface area contributed by atoms with Crippen molar-refractivity contribution < 1.29 is 4.42 Å². The zero-order valence-electron chi connectivity index (χ0n) is 13.0. The van der Waals surface area contributed by atoms with Gasteiger partial charge in [-0.05, 0) is 35.9 Å². The first kappa shape index (κ1) is 15.9. The maximum Gasteiger partial charge on any atom is 0.228 e. The summed E-state index contributed by atoms with van der Waals surface area (Å²) in [6.45, 7) is 0. The van der Waals surface area contributed by atoms with Crippen molar-refractivity contribution >= 4 is 46.2 Å². The highest BCUT2D eigenvalue weighted by Gasteiger charge is 2.13. The van der Waals surface area contributed by atoms with E-state index in [2.05, 4.69) is 9.98 Å². The molecule has 122 valence electrons. The summed E-state index contributed by atoms with van der Waals surface area (Å²) in [5, 5.41) is 0.896. The zero-order valence-corrected chi connectivity index (χ0v) is 14.5. The van der Waals surface area contributed by atoms with Gasteiger partial charge in [-0.25, -0.2) is 4.98 Å². The van der Waals surface area contributed by atoms with E-state index in [0.717, 1.165) is 11.3 Å². The first-order valence-corrected chi connectivity index (χ1v) is 8.40. The third-order valence-corrected chi connectivity index (χ3v) is 4.53. The van der Waals surface area contributed by atoms with Gasteiger partial charge in [-0.3, -0.25) is 4.99 Å². The van der Waals surface area contributed by atoms with Gasteiger partial charge in [-0.15, -0.1) is 0 Å². The fourth-order valence-electron chi connectivity index (χ4n) is 2.47. The van der Waals surface area contributed by atoms with Crippen LogP contribution in [-0.4, -0.2) is 11.2 Å². The van der Waals surface area contributed by atoms with Gasteiger partial charge >= 0.3 is 0 Å². The summed E-state index contributed by atoms with van der Waals surface area (Å²) < 4.78 is 5.80. The Morgan fingerprint density at radius 1 is 0.920 bits per heavy atom. The molecule has 3 nitrogen and oxygen atoms in total. The van der Waals surface area contributed by atoms with E-state index in [1.807, 2.05) is 66.9 Å². The molecule has 0 spiro atoms. The maximum absolute atomic E-state index is 6.25. The van der Waals surface area contributed by atoms with Crippen molar-refractivity contribution in [2.45, 2.75) is 0 Å². The van der Waals surface area contributed by atoms with Crippen LogP contribution in [0, 0.1) is 0 Å². The van der Waals surface area contributed by atoms with Crippen LogP contribution in [0.25, 0.3) is 22.6 Å². The van der Waals surface area contributed by atoms with Crippen LogP contribution >= 0.6 is 23.2 Å². The highest BCUT2D eigenvalue weighted by molar-refractivity contribution is 6.43. The van der Waals surface area contributed by atoms with E-state index >= 15 is 0 Å². The summed E-state index contributed by atoms with van der Waals surface area (Å²) in [7, 11) is 0. The Balaban J connectivity index is 1.70. The summed E-state index contributed by atoms with van der Waals surface area (Å²) in [4.78, 5) is 9.00. The highest BCUT2D eigenvalue weighted by Crippen LogP contribution is 2.35. The number of fused-ring (bicyclic) bond motifs is 1. The second-order valence-corrected chi connectivity index (χ2v) is 6.23. The minimum absolute atomic E-state index is 0.429. The summed E-state index contributed by atoms with van der Waals surface area (Å²) in [6, 6.07) is 20.9. The molecule has 0 atom stereocenters. The number of benzene rings is 3. The SMILES string of the molecule is Clc1cccc(-c2nc3cc(N=Cc4ccccc4)ccc3o2)c1Cl. The average Bonchev–Trinajstić information content (AvgIpc) is 3.06. The van der Waals surface area contributed by atoms with Crippen LogP contribution in [0.1, 0.15) is 5.56 Å². The van der Waals surface area contributed by atoms with Crippen molar-refractivity contribution in [1.29, 1.82) is 0 Å². The number of halogens is 2. The maximum atomic E-state index is 6.25. The molecular formula is C20H12Cl2N2O. The van der Waals surface area contributed by atoms with Gasteiger partial charge < -0.3 is 4.42 Å². The van der Waals surface area contributed by atoms with Crippen molar-refractivity contribution in [3.63, 3.8) is 0 Å². The Bertz CT molecular complexity index is 1070. The van der Waals surface area contributed by atoms with E-state index in [9.17, 15) is 0 Å². The number of hydrogen-bond acceptors (Lipinski definition) is 3. The van der Waals surface area contributed by atoms with Crippen LogP contribution in [0.3, 0.4) is 0 Å². The van der Waals surface area contributed by atoms with Gasteiger partial charge in [0, 0.05) is 6.21 Å². The predicted octanol–water partition coefficient (Wildman–Crippen LogP) is 6.55. The molecule has 1 heterocycles. The van der Waals surface area contributed by atoms with E-state index < -0.39 is 0 Å². The Kier molecular flexibility index (Phi) is 4.26. The van der Waals surface area contributed by atoms with Gasteiger partial charge in [-0.1, -0.05) is 59.6 Å². The Morgan fingerprint density at radius 2 is 1.76 bits per heavy atom. The summed E-state index contributed by atoms with van der Waals surface area (Å²) >= 11 is 12.3. The van der Waals surface area contributed by atoms with Crippen molar-refractivity contribution in [1.82, 2.24) is 4.98 Å². The Hall–Kier alpha value is -2.62. The molecule has 5 heteroatoms. The number of rotatable bonds is 3. The third kappa shape index (κ3) is 3.29. The molecule has 0 aliphatic rings. The lowest BCUT2D eigenvalue weighted by Gasteiger charge is -2.00. The van der Waals surface area contributed by atoms with Crippen molar-refractivity contribution in [3.8, 4) is 11.5 Å². The van der Waals surface area contributed by atoms with Crippen LogP contribution in [0.4, 0.5) is 5.69 Å². The molecule has 0 saturated heterocycles. The number of nitrogens with zero attached hydrogens (tertiary/aromatic N) is 2. The van der Waals surface area contributed by atoms with Gasteiger partial charge in [0.15, 0.2) is 5.58 Å². The van der Waals surface area contributed by atoms with Crippen molar-refractivity contribution in [3.05, 3.63) is 82.3 Å². The van der Waals surface area contributed by atoms with Crippen LogP contribution in [-0.2, 0) is 0 Å². The molecule has 3 aromatic carbocycles. The summed E-state index contributed by atoms with van der Waals surface area (Å²) in [5.74, 6) is 0.437. The predicted molar refractivity (Wildman–Crippen MR) is 103 cm³/mol. The molecule has 0 bridgehead atoms. The Labute approximate surface area is 154 Å². The fraction of sp³-hybridized carbons (Fsp3) is 0. The third-order valence-electron chi connectivity index (χ3n) is 3.72. The zero-order chi connectivity index (χ0) is 17.2. The number of aromatic nitrogens is 1. The van der Waals surface area contributed by atoms with E-state index in [0.29, 0.717) is 32.6 Å². The lowest BCUT2D eigenvalue weighted by molar-refractivity contribution is 0.620. The summed E-state index contributed by atoms with van der Waals surface area (Å²) in [6.07, 6.45) is 1.82. The standard InChI is InChI=1S/C20H12Cl2N2O/c21-16-8-4-7-15(19(16)22)20-24-17-11-14(9-10-18(17)25-20)23-12-13-5-2-1-3-6-13/h1-12H. The average molecular weight is 367 g/mol. The smallest absolute Gasteiger partial charge is 0.228 e. The molecule has 0 unspecified atom stereocenters. The second kappa shape index (κ2) is 6.71. The second-order valence-electron chi connectivity index (χ2n) is 5.44. The minimum Gasteiger partial charge on any atom is -0.436 e. The first-order valence-electron chi connectivity index (χ1n) is 7.65. The molecule has 4 rings (SSSR count). The largest absolute Gasteiger partial charge is 0.436 e. The van der Waals surface area contributed by atoms with Gasteiger partial charge in [-0.2, -0.15) is 0 Å². The Morgan fingerprint density at radius 3 is 2.60 bits per heavy atom. The van der Waals surface area contributed by atoms with E-state index in [-0.39, 0.29) is 0 Å². The quantitative estimate of drug-likeness (QED) is 0.385. The molecule has 0 aliphatic heterocycles. The van der Waals surface area contributed by atoms with E-state index in [1.54, 1.807) is 6.07 Å². The highest BCUT2D eigenvalue weighted by atomic mass is 35.5. The number of aliphatic imine (C=N–C) groups is 1. The molecule has 0 saturated carbocycles. The lowest BCUT2D eigenvalue weighted by Crippen LogP contribution is -1.80. The monoisotopic (exact) mass is 366 g/mol. The molecule has 0 radical (unpaired) electrons. The molecule has 4 aromatic rings. The van der Waals surface area contributed by atoms with Crippen LogP contribution in [0.15, 0.2) is 76.1 Å². The summed E-state index contributed by atoms with van der Waals surface area (Å²) in [5.41, 5.74) is 3.89.